The SMILES string of the molecule is CN(C)c1cccc(C(=O)I)c1. The predicted octanol–water partition coefficient (Wildman–Crippen LogP) is 2.33. The molecule has 0 heterocycles. The van der Waals surface area contributed by atoms with Crippen LogP contribution in [0, 0.1) is 0 Å². The highest BCUT2D eigenvalue weighted by atomic mass is 127. The molecule has 12 heavy (non-hydrogen) atoms. The Morgan fingerprint density at radius 1 is 1.42 bits per heavy atom. The molecule has 0 aliphatic heterocycles. The van der Waals surface area contributed by atoms with Crippen LogP contribution in [0.5, 0.6) is 0 Å². The van der Waals surface area contributed by atoms with Crippen molar-refractivity contribution < 1.29 is 4.79 Å². The lowest BCUT2D eigenvalue weighted by Gasteiger charge is -2.12. The summed E-state index contributed by atoms with van der Waals surface area (Å²) in [4.78, 5) is 13.0. The van der Waals surface area contributed by atoms with Crippen LogP contribution in [-0.2, 0) is 0 Å². The number of hydrogen-bond acceptors (Lipinski definition) is 2. The van der Waals surface area contributed by atoms with Gasteiger partial charge in [-0.05, 0) is 12.1 Å². The van der Waals surface area contributed by atoms with Crippen LogP contribution in [0.15, 0.2) is 24.3 Å². The van der Waals surface area contributed by atoms with Crippen LogP contribution in [0.1, 0.15) is 10.4 Å². The number of anilines is 1. The third-order valence-corrected chi connectivity index (χ3v) is 2.21. The minimum absolute atomic E-state index is 0.0799. The molecule has 2 nitrogen and oxygen atoms in total. The number of carbonyl (C=O) groups is 1. The van der Waals surface area contributed by atoms with Crippen LogP contribution in [0.3, 0.4) is 0 Å². The van der Waals surface area contributed by atoms with Gasteiger partial charge in [-0.25, -0.2) is 0 Å². The Labute approximate surface area is 85.7 Å². The lowest BCUT2D eigenvalue weighted by Crippen LogP contribution is -2.08. The summed E-state index contributed by atoms with van der Waals surface area (Å²) in [5.41, 5.74) is 1.80. The standard InChI is InChI=1S/C9H10INO/c1-11(2)8-5-3-4-7(6-8)9(10)12/h3-6H,1-2H3. The van der Waals surface area contributed by atoms with Gasteiger partial charge >= 0.3 is 0 Å². The number of nitrogens with zero attached hydrogens (tertiary/aromatic N) is 1. The fraction of sp³-hybridized carbons (Fsp3) is 0.222. The quantitative estimate of drug-likeness (QED) is 0.610. The van der Waals surface area contributed by atoms with Gasteiger partial charge in [-0.3, -0.25) is 4.79 Å². The number of carbonyl (C=O) groups excluding carboxylic acids is 1. The average molecular weight is 275 g/mol. The van der Waals surface area contributed by atoms with E-state index >= 15 is 0 Å². The molecule has 0 aromatic heterocycles. The molecule has 0 atom stereocenters. The topological polar surface area (TPSA) is 20.3 Å². The van der Waals surface area contributed by atoms with Crippen molar-refractivity contribution in [2.45, 2.75) is 0 Å². The van der Waals surface area contributed by atoms with E-state index in [2.05, 4.69) is 0 Å². The second kappa shape index (κ2) is 3.89. The summed E-state index contributed by atoms with van der Waals surface area (Å²) in [6, 6.07) is 7.57. The zero-order valence-electron chi connectivity index (χ0n) is 7.04. The van der Waals surface area contributed by atoms with Gasteiger partial charge in [-0.2, -0.15) is 0 Å². The molecule has 0 aliphatic carbocycles. The molecule has 0 N–H and O–H groups in total. The van der Waals surface area contributed by atoms with Crippen LogP contribution < -0.4 is 4.90 Å². The van der Waals surface area contributed by atoms with Gasteiger partial charge in [-0.15, -0.1) is 0 Å². The Kier molecular flexibility index (Phi) is 3.08. The minimum atomic E-state index is 0.0799. The average Bonchev–Trinajstić information content (AvgIpc) is 2.04. The van der Waals surface area contributed by atoms with Crippen molar-refractivity contribution in [2.75, 3.05) is 19.0 Å². The first-order chi connectivity index (χ1) is 5.61. The van der Waals surface area contributed by atoms with Gasteiger partial charge in [0.15, 0.2) is 0 Å². The zero-order valence-corrected chi connectivity index (χ0v) is 9.20. The highest BCUT2D eigenvalue weighted by molar-refractivity contribution is 14.1. The molecule has 0 amide bonds. The molecule has 0 bridgehead atoms. The Hall–Kier alpha value is -0.580. The summed E-state index contributed by atoms with van der Waals surface area (Å²) in [6.07, 6.45) is 0. The summed E-state index contributed by atoms with van der Waals surface area (Å²) in [6.45, 7) is 0. The van der Waals surface area contributed by atoms with Crippen molar-refractivity contribution >= 4 is 32.1 Å². The summed E-state index contributed by atoms with van der Waals surface area (Å²) < 4.78 is 0.0799. The van der Waals surface area contributed by atoms with Crippen LogP contribution in [0.2, 0.25) is 0 Å². The van der Waals surface area contributed by atoms with E-state index in [0.717, 1.165) is 11.3 Å². The van der Waals surface area contributed by atoms with Crippen LogP contribution >= 0.6 is 22.6 Å². The van der Waals surface area contributed by atoms with E-state index in [4.69, 9.17) is 0 Å². The van der Waals surface area contributed by atoms with Gasteiger partial charge in [-0.1, -0.05) is 12.1 Å². The van der Waals surface area contributed by atoms with Gasteiger partial charge in [0.25, 0.3) is 0 Å². The second-order valence-electron chi connectivity index (χ2n) is 2.72. The largest absolute Gasteiger partial charge is 0.378 e. The van der Waals surface area contributed by atoms with Crippen molar-refractivity contribution in [3.63, 3.8) is 0 Å². The van der Waals surface area contributed by atoms with Gasteiger partial charge < -0.3 is 4.90 Å². The number of hydrogen-bond donors (Lipinski definition) is 0. The van der Waals surface area contributed by atoms with Gasteiger partial charge in [0, 0.05) is 47.9 Å². The van der Waals surface area contributed by atoms with E-state index in [1.54, 1.807) is 22.6 Å². The molecule has 64 valence electrons. The zero-order chi connectivity index (χ0) is 9.14. The van der Waals surface area contributed by atoms with E-state index in [-0.39, 0.29) is 3.79 Å². The second-order valence-corrected chi connectivity index (χ2v) is 3.70. The first-order valence-electron chi connectivity index (χ1n) is 3.58. The molecule has 0 fully saturated rings. The smallest absolute Gasteiger partial charge is 0.222 e. The maximum Gasteiger partial charge on any atom is 0.222 e. The maximum atomic E-state index is 11.0. The highest BCUT2D eigenvalue weighted by Gasteiger charge is 2.01. The molecule has 0 spiro atoms. The fourth-order valence-electron chi connectivity index (χ4n) is 0.906. The van der Waals surface area contributed by atoms with Crippen LogP contribution in [-0.4, -0.2) is 17.9 Å². The summed E-state index contributed by atoms with van der Waals surface area (Å²) in [5.74, 6) is 0. The molecule has 1 rings (SSSR count). The fourth-order valence-corrected chi connectivity index (χ4v) is 1.24. The van der Waals surface area contributed by atoms with Crippen molar-refractivity contribution in [3.05, 3.63) is 29.8 Å². The van der Waals surface area contributed by atoms with E-state index in [0.29, 0.717) is 0 Å². The summed E-state index contributed by atoms with van der Waals surface area (Å²) >= 11 is 1.79. The third-order valence-electron chi connectivity index (χ3n) is 1.59. The summed E-state index contributed by atoms with van der Waals surface area (Å²) in [7, 11) is 3.91. The molecule has 0 aliphatic rings. The van der Waals surface area contributed by atoms with Gasteiger partial charge in [0.05, 0.1) is 0 Å². The van der Waals surface area contributed by atoms with E-state index in [1.165, 1.54) is 0 Å². The molecule has 0 radical (unpaired) electrons. The van der Waals surface area contributed by atoms with E-state index in [1.807, 2.05) is 43.3 Å². The molecular formula is C9H10INO. The van der Waals surface area contributed by atoms with Crippen LogP contribution in [0.4, 0.5) is 5.69 Å². The lowest BCUT2D eigenvalue weighted by molar-refractivity contribution is 0.110. The minimum Gasteiger partial charge on any atom is -0.378 e. The van der Waals surface area contributed by atoms with Gasteiger partial charge in [0.2, 0.25) is 3.79 Å². The normalized spacial score (nSPS) is 9.58. The molecule has 0 unspecified atom stereocenters. The molecule has 0 saturated heterocycles. The summed E-state index contributed by atoms with van der Waals surface area (Å²) in [5, 5.41) is 0. The van der Waals surface area contributed by atoms with E-state index in [9.17, 15) is 4.79 Å². The van der Waals surface area contributed by atoms with Crippen molar-refractivity contribution in [1.29, 1.82) is 0 Å². The van der Waals surface area contributed by atoms with E-state index < -0.39 is 0 Å². The van der Waals surface area contributed by atoms with Gasteiger partial charge in [0.1, 0.15) is 0 Å². The van der Waals surface area contributed by atoms with Crippen molar-refractivity contribution in [2.24, 2.45) is 0 Å². The van der Waals surface area contributed by atoms with Crippen molar-refractivity contribution in [1.82, 2.24) is 0 Å². The van der Waals surface area contributed by atoms with Crippen molar-refractivity contribution in [3.8, 4) is 0 Å². The first kappa shape index (κ1) is 9.51. The Bertz CT molecular complexity index is 296. The Morgan fingerprint density at radius 3 is 2.58 bits per heavy atom. The third kappa shape index (κ3) is 2.20. The number of halogens is 1. The van der Waals surface area contributed by atoms with Crippen LogP contribution in [0.25, 0.3) is 0 Å². The molecule has 1 aromatic carbocycles. The predicted molar refractivity (Wildman–Crippen MR) is 59.1 cm³/mol. The number of benzene rings is 1. The lowest BCUT2D eigenvalue weighted by atomic mass is 10.2. The molecular weight excluding hydrogens is 265 g/mol. The maximum absolute atomic E-state index is 11.0. The monoisotopic (exact) mass is 275 g/mol. The molecule has 0 saturated carbocycles. The molecule has 1 aromatic rings. The molecule has 3 heteroatoms. The number of rotatable bonds is 2. The Morgan fingerprint density at radius 2 is 2.08 bits per heavy atom. The Balaban J connectivity index is 3.04. The first-order valence-corrected chi connectivity index (χ1v) is 4.66. The highest BCUT2D eigenvalue weighted by Crippen LogP contribution is 2.15.